The SMILES string of the molecule is O=C(NC1CCCCC1)c1ccc2c(c1)CC(=O)N2Cc1ccccc1. The molecule has 0 radical (unpaired) electrons. The number of nitrogens with one attached hydrogen (secondary N) is 1. The van der Waals surface area contributed by atoms with Crippen LogP contribution in [0.4, 0.5) is 5.69 Å². The van der Waals surface area contributed by atoms with Gasteiger partial charge in [-0.2, -0.15) is 0 Å². The summed E-state index contributed by atoms with van der Waals surface area (Å²) in [5.41, 5.74) is 3.63. The zero-order chi connectivity index (χ0) is 17.9. The highest BCUT2D eigenvalue weighted by atomic mass is 16.2. The van der Waals surface area contributed by atoms with Crippen molar-refractivity contribution in [3.05, 3.63) is 65.2 Å². The number of rotatable bonds is 4. The van der Waals surface area contributed by atoms with Crippen molar-refractivity contribution in [2.45, 2.75) is 51.1 Å². The second-order valence-electron chi connectivity index (χ2n) is 7.29. The molecule has 1 N–H and O–H groups in total. The Balaban J connectivity index is 1.49. The number of nitrogens with zero attached hydrogens (tertiary/aromatic N) is 1. The normalized spacial score (nSPS) is 17.2. The topological polar surface area (TPSA) is 49.4 Å². The molecule has 2 aromatic carbocycles. The molecule has 0 atom stereocenters. The highest BCUT2D eigenvalue weighted by Gasteiger charge is 2.28. The lowest BCUT2D eigenvalue weighted by molar-refractivity contribution is -0.117. The highest BCUT2D eigenvalue weighted by Crippen LogP contribution is 2.31. The third-order valence-electron chi connectivity index (χ3n) is 5.40. The molecule has 0 saturated heterocycles. The van der Waals surface area contributed by atoms with Crippen LogP contribution < -0.4 is 10.2 Å². The molecule has 0 aromatic heterocycles. The van der Waals surface area contributed by atoms with Gasteiger partial charge in [0.05, 0.1) is 13.0 Å². The predicted octanol–water partition coefficient (Wildman–Crippen LogP) is 3.84. The lowest BCUT2D eigenvalue weighted by Gasteiger charge is -2.23. The molecule has 2 aliphatic rings. The maximum absolute atomic E-state index is 12.6. The van der Waals surface area contributed by atoms with Gasteiger partial charge in [0.2, 0.25) is 5.91 Å². The van der Waals surface area contributed by atoms with Crippen molar-refractivity contribution in [2.24, 2.45) is 0 Å². The minimum Gasteiger partial charge on any atom is -0.349 e. The Morgan fingerprint density at radius 1 is 1.04 bits per heavy atom. The molecule has 0 bridgehead atoms. The molecule has 1 fully saturated rings. The molecule has 26 heavy (non-hydrogen) atoms. The first-order valence-corrected chi connectivity index (χ1v) is 9.49. The maximum Gasteiger partial charge on any atom is 0.251 e. The molecule has 2 amide bonds. The summed E-state index contributed by atoms with van der Waals surface area (Å²) in [6, 6.07) is 15.9. The number of hydrogen-bond donors (Lipinski definition) is 1. The molecule has 4 nitrogen and oxygen atoms in total. The molecule has 1 heterocycles. The standard InChI is InChI=1S/C22H24N2O2/c25-21-14-18-13-17(22(26)23-19-9-5-2-6-10-19)11-12-20(18)24(21)15-16-7-3-1-4-8-16/h1,3-4,7-8,11-13,19H,2,5-6,9-10,14-15H2,(H,23,26). The van der Waals surface area contributed by atoms with Crippen molar-refractivity contribution < 1.29 is 9.59 Å². The van der Waals surface area contributed by atoms with Gasteiger partial charge >= 0.3 is 0 Å². The number of amides is 2. The Morgan fingerprint density at radius 2 is 1.81 bits per heavy atom. The Kier molecular flexibility index (Phi) is 4.74. The van der Waals surface area contributed by atoms with Crippen LogP contribution in [0.1, 0.15) is 53.6 Å². The summed E-state index contributed by atoms with van der Waals surface area (Å²) in [4.78, 5) is 26.8. The zero-order valence-electron chi connectivity index (χ0n) is 14.9. The van der Waals surface area contributed by atoms with Gasteiger partial charge in [0.25, 0.3) is 5.91 Å². The molecular formula is C22H24N2O2. The van der Waals surface area contributed by atoms with Gasteiger partial charge in [-0.1, -0.05) is 49.6 Å². The highest BCUT2D eigenvalue weighted by molar-refractivity contribution is 6.03. The van der Waals surface area contributed by atoms with Crippen molar-refractivity contribution in [2.75, 3.05) is 4.90 Å². The van der Waals surface area contributed by atoms with Gasteiger partial charge < -0.3 is 10.2 Å². The molecule has 134 valence electrons. The number of hydrogen-bond acceptors (Lipinski definition) is 2. The summed E-state index contributed by atoms with van der Waals surface area (Å²) in [6.45, 7) is 0.570. The van der Waals surface area contributed by atoms with Crippen LogP contribution in [-0.2, 0) is 17.8 Å². The van der Waals surface area contributed by atoms with E-state index in [9.17, 15) is 9.59 Å². The second kappa shape index (κ2) is 7.32. The fourth-order valence-electron chi connectivity index (χ4n) is 3.98. The summed E-state index contributed by atoms with van der Waals surface area (Å²) in [5.74, 6) is 0.0716. The van der Waals surface area contributed by atoms with Gasteiger partial charge in [-0.3, -0.25) is 9.59 Å². The largest absolute Gasteiger partial charge is 0.349 e. The van der Waals surface area contributed by atoms with E-state index in [1.54, 1.807) is 0 Å². The Labute approximate surface area is 154 Å². The molecule has 0 spiro atoms. The van der Waals surface area contributed by atoms with Crippen molar-refractivity contribution in [3.8, 4) is 0 Å². The first-order chi connectivity index (χ1) is 12.7. The molecule has 4 rings (SSSR count). The third-order valence-corrected chi connectivity index (χ3v) is 5.40. The first kappa shape index (κ1) is 16.8. The number of benzene rings is 2. The van der Waals surface area contributed by atoms with E-state index in [4.69, 9.17) is 0 Å². The first-order valence-electron chi connectivity index (χ1n) is 9.49. The van der Waals surface area contributed by atoms with Crippen LogP contribution in [0, 0.1) is 0 Å². The zero-order valence-corrected chi connectivity index (χ0v) is 14.9. The van der Waals surface area contributed by atoms with E-state index in [1.165, 1.54) is 19.3 Å². The molecule has 0 unspecified atom stereocenters. The average Bonchev–Trinajstić information content (AvgIpc) is 2.98. The van der Waals surface area contributed by atoms with E-state index in [0.717, 1.165) is 29.7 Å². The minimum absolute atomic E-state index is 0.0198. The van der Waals surface area contributed by atoms with Crippen LogP contribution in [0.5, 0.6) is 0 Å². The van der Waals surface area contributed by atoms with Crippen LogP contribution in [0.3, 0.4) is 0 Å². The van der Waals surface area contributed by atoms with Crippen LogP contribution in [0.15, 0.2) is 48.5 Å². The van der Waals surface area contributed by atoms with E-state index < -0.39 is 0 Å². The molecular weight excluding hydrogens is 324 g/mol. The lowest BCUT2D eigenvalue weighted by Crippen LogP contribution is -2.36. The van der Waals surface area contributed by atoms with E-state index >= 15 is 0 Å². The number of fused-ring (bicyclic) bond motifs is 1. The van der Waals surface area contributed by atoms with Gasteiger partial charge in [-0.25, -0.2) is 0 Å². The quantitative estimate of drug-likeness (QED) is 0.913. The van der Waals surface area contributed by atoms with Crippen LogP contribution in [0.25, 0.3) is 0 Å². The second-order valence-corrected chi connectivity index (χ2v) is 7.29. The Morgan fingerprint density at radius 3 is 2.58 bits per heavy atom. The minimum atomic E-state index is -0.0198. The number of carbonyl (C=O) groups excluding carboxylic acids is 2. The summed E-state index contributed by atoms with van der Waals surface area (Å²) in [7, 11) is 0. The smallest absolute Gasteiger partial charge is 0.251 e. The van der Waals surface area contributed by atoms with Crippen molar-refractivity contribution in [3.63, 3.8) is 0 Å². The molecule has 1 aliphatic heterocycles. The fourth-order valence-corrected chi connectivity index (χ4v) is 3.98. The van der Waals surface area contributed by atoms with Crippen LogP contribution >= 0.6 is 0 Å². The summed E-state index contributed by atoms with van der Waals surface area (Å²) in [5, 5.41) is 3.15. The number of anilines is 1. The molecule has 1 saturated carbocycles. The maximum atomic E-state index is 12.6. The third kappa shape index (κ3) is 3.50. The summed E-state index contributed by atoms with van der Waals surface area (Å²) < 4.78 is 0. The van der Waals surface area contributed by atoms with Gasteiger partial charge in [0.15, 0.2) is 0 Å². The van der Waals surface area contributed by atoms with Gasteiger partial charge in [-0.15, -0.1) is 0 Å². The van der Waals surface area contributed by atoms with Crippen LogP contribution in [-0.4, -0.2) is 17.9 Å². The predicted molar refractivity (Wildman–Crippen MR) is 102 cm³/mol. The fraction of sp³-hybridized carbons (Fsp3) is 0.364. The van der Waals surface area contributed by atoms with Crippen molar-refractivity contribution in [1.82, 2.24) is 5.32 Å². The van der Waals surface area contributed by atoms with E-state index in [-0.39, 0.29) is 11.8 Å². The van der Waals surface area contributed by atoms with E-state index in [0.29, 0.717) is 24.6 Å². The van der Waals surface area contributed by atoms with Gasteiger partial charge in [0.1, 0.15) is 0 Å². The Bertz CT molecular complexity index is 810. The molecule has 4 heteroatoms. The summed E-state index contributed by atoms with van der Waals surface area (Å²) >= 11 is 0. The van der Waals surface area contributed by atoms with Crippen molar-refractivity contribution >= 4 is 17.5 Å². The van der Waals surface area contributed by atoms with Crippen molar-refractivity contribution in [1.29, 1.82) is 0 Å². The lowest BCUT2D eigenvalue weighted by atomic mass is 9.95. The van der Waals surface area contributed by atoms with E-state index in [2.05, 4.69) is 5.32 Å². The van der Waals surface area contributed by atoms with Gasteiger partial charge in [-0.05, 0) is 42.2 Å². The molecule has 2 aromatic rings. The van der Waals surface area contributed by atoms with Gasteiger partial charge in [0, 0.05) is 17.3 Å². The van der Waals surface area contributed by atoms with Crippen LogP contribution in [0.2, 0.25) is 0 Å². The average molecular weight is 348 g/mol. The Hall–Kier alpha value is -2.62. The monoisotopic (exact) mass is 348 g/mol. The summed E-state index contributed by atoms with van der Waals surface area (Å²) in [6.07, 6.45) is 6.16. The number of carbonyl (C=O) groups is 2. The molecule has 1 aliphatic carbocycles. The van der Waals surface area contributed by atoms with E-state index in [1.807, 2.05) is 53.4 Å².